The molecule has 0 saturated heterocycles. The Morgan fingerprint density at radius 2 is 2.18 bits per heavy atom. The second-order valence-corrected chi connectivity index (χ2v) is 5.22. The molecule has 3 aromatic rings. The van der Waals surface area contributed by atoms with Gasteiger partial charge >= 0.3 is 0 Å². The van der Waals surface area contributed by atoms with Gasteiger partial charge in [-0.25, -0.2) is 4.98 Å². The Balaban J connectivity index is 2.20. The van der Waals surface area contributed by atoms with E-state index in [-0.39, 0.29) is 0 Å². The molecule has 0 aliphatic heterocycles. The second kappa shape index (κ2) is 3.56. The van der Waals surface area contributed by atoms with E-state index in [1.165, 1.54) is 4.70 Å². The molecular weight excluding hydrogens is 232 g/mol. The SMILES string of the molecule is Cc1nc2cc(-c3cnn(C)c3N)ccc2s1. The molecule has 0 unspecified atom stereocenters. The van der Waals surface area contributed by atoms with Crippen molar-refractivity contribution in [2.45, 2.75) is 6.92 Å². The summed E-state index contributed by atoms with van der Waals surface area (Å²) in [6.07, 6.45) is 1.79. The van der Waals surface area contributed by atoms with Crippen molar-refractivity contribution >= 4 is 27.4 Å². The molecule has 0 aliphatic carbocycles. The molecule has 3 rings (SSSR count). The highest BCUT2D eigenvalue weighted by Gasteiger charge is 2.09. The lowest BCUT2D eigenvalue weighted by Crippen LogP contribution is -1.97. The number of nitrogens with two attached hydrogens (primary N) is 1. The van der Waals surface area contributed by atoms with Crippen molar-refractivity contribution in [1.82, 2.24) is 14.8 Å². The lowest BCUT2D eigenvalue weighted by molar-refractivity contribution is 0.779. The van der Waals surface area contributed by atoms with E-state index < -0.39 is 0 Å². The van der Waals surface area contributed by atoms with Crippen LogP contribution in [-0.4, -0.2) is 14.8 Å². The topological polar surface area (TPSA) is 56.7 Å². The normalized spacial score (nSPS) is 11.2. The van der Waals surface area contributed by atoms with Gasteiger partial charge in [-0.2, -0.15) is 5.10 Å². The fourth-order valence-corrected chi connectivity index (χ4v) is 2.69. The highest BCUT2D eigenvalue weighted by Crippen LogP contribution is 2.30. The van der Waals surface area contributed by atoms with E-state index in [1.54, 1.807) is 22.2 Å². The van der Waals surface area contributed by atoms with Crippen LogP contribution in [0.1, 0.15) is 5.01 Å². The smallest absolute Gasteiger partial charge is 0.129 e. The number of aryl methyl sites for hydroxylation is 2. The Hall–Kier alpha value is -1.88. The maximum Gasteiger partial charge on any atom is 0.129 e. The third kappa shape index (κ3) is 1.59. The van der Waals surface area contributed by atoms with Crippen LogP contribution < -0.4 is 5.73 Å². The zero-order valence-electron chi connectivity index (χ0n) is 9.64. The van der Waals surface area contributed by atoms with Crippen molar-refractivity contribution in [1.29, 1.82) is 0 Å². The number of hydrogen-bond donors (Lipinski definition) is 1. The van der Waals surface area contributed by atoms with Crippen molar-refractivity contribution in [3.05, 3.63) is 29.4 Å². The first kappa shape index (κ1) is 10.3. The van der Waals surface area contributed by atoms with Crippen molar-refractivity contribution in [2.75, 3.05) is 5.73 Å². The Kier molecular flexibility index (Phi) is 2.16. The molecule has 1 aromatic carbocycles. The van der Waals surface area contributed by atoms with Crippen LogP contribution in [0.5, 0.6) is 0 Å². The summed E-state index contributed by atoms with van der Waals surface area (Å²) in [5, 5.41) is 5.23. The summed E-state index contributed by atoms with van der Waals surface area (Å²) in [6, 6.07) is 6.21. The van der Waals surface area contributed by atoms with E-state index in [4.69, 9.17) is 5.73 Å². The summed E-state index contributed by atoms with van der Waals surface area (Å²) >= 11 is 1.70. The van der Waals surface area contributed by atoms with Crippen molar-refractivity contribution in [3.63, 3.8) is 0 Å². The molecule has 0 aliphatic rings. The maximum atomic E-state index is 5.97. The first-order valence-electron chi connectivity index (χ1n) is 5.30. The first-order valence-corrected chi connectivity index (χ1v) is 6.12. The predicted octanol–water partition coefficient (Wildman–Crippen LogP) is 2.59. The molecule has 0 amide bonds. The summed E-state index contributed by atoms with van der Waals surface area (Å²) in [5.41, 5.74) is 9.01. The van der Waals surface area contributed by atoms with Crippen molar-refractivity contribution in [2.24, 2.45) is 7.05 Å². The van der Waals surface area contributed by atoms with Gasteiger partial charge in [-0.1, -0.05) is 6.07 Å². The number of aromatic nitrogens is 3. The third-order valence-electron chi connectivity index (χ3n) is 2.79. The summed E-state index contributed by atoms with van der Waals surface area (Å²) < 4.78 is 2.87. The molecule has 2 heterocycles. The van der Waals surface area contributed by atoms with Gasteiger partial charge in [0, 0.05) is 12.6 Å². The molecule has 17 heavy (non-hydrogen) atoms. The zero-order chi connectivity index (χ0) is 12.0. The quantitative estimate of drug-likeness (QED) is 0.715. The van der Waals surface area contributed by atoms with Gasteiger partial charge in [0.15, 0.2) is 0 Å². The number of thiazole rings is 1. The summed E-state index contributed by atoms with van der Waals surface area (Å²) in [7, 11) is 1.84. The number of nitrogen functional groups attached to an aromatic ring is 1. The summed E-state index contributed by atoms with van der Waals surface area (Å²) in [4.78, 5) is 4.49. The molecule has 2 aromatic heterocycles. The highest BCUT2D eigenvalue weighted by molar-refractivity contribution is 7.18. The molecule has 0 radical (unpaired) electrons. The molecular formula is C12H12N4S. The average molecular weight is 244 g/mol. The van der Waals surface area contributed by atoms with Crippen LogP contribution in [0.15, 0.2) is 24.4 Å². The second-order valence-electron chi connectivity index (χ2n) is 3.98. The van der Waals surface area contributed by atoms with Crippen LogP contribution in [0, 0.1) is 6.92 Å². The van der Waals surface area contributed by atoms with E-state index >= 15 is 0 Å². The van der Waals surface area contributed by atoms with Gasteiger partial charge in [0.2, 0.25) is 0 Å². The monoisotopic (exact) mass is 244 g/mol. The number of rotatable bonds is 1. The van der Waals surface area contributed by atoms with Crippen LogP contribution in [0.4, 0.5) is 5.82 Å². The third-order valence-corrected chi connectivity index (χ3v) is 3.74. The minimum atomic E-state index is 0.677. The highest BCUT2D eigenvalue weighted by atomic mass is 32.1. The molecule has 2 N–H and O–H groups in total. The standard InChI is InChI=1S/C12H12N4S/c1-7-15-10-5-8(3-4-11(10)17-7)9-6-14-16(2)12(9)13/h3-6H,13H2,1-2H3. The Labute approximate surface area is 103 Å². The predicted molar refractivity (Wildman–Crippen MR) is 71.0 cm³/mol. The number of anilines is 1. The van der Waals surface area contributed by atoms with Gasteiger partial charge in [-0.05, 0) is 24.6 Å². The van der Waals surface area contributed by atoms with E-state index in [0.29, 0.717) is 5.82 Å². The molecule has 5 heteroatoms. The Morgan fingerprint density at radius 1 is 1.35 bits per heavy atom. The number of hydrogen-bond acceptors (Lipinski definition) is 4. The Bertz CT molecular complexity index is 696. The molecule has 0 bridgehead atoms. The molecule has 86 valence electrons. The Morgan fingerprint density at radius 3 is 2.88 bits per heavy atom. The van der Waals surface area contributed by atoms with Gasteiger partial charge in [0.25, 0.3) is 0 Å². The minimum absolute atomic E-state index is 0.677. The maximum absolute atomic E-state index is 5.97. The zero-order valence-corrected chi connectivity index (χ0v) is 10.5. The number of nitrogens with zero attached hydrogens (tertiary/aromatic N) is 3. The average Bonchev–Trinajstić information content (AvgIpc) is 2.81. The first-order chi connectivity index (χ1) is 8.15. The molecule has 0 spiro atoms. The van der Waals surface area contributed by atoms with E-state index in [2.05, 4.69) is 28.3 Å². The number of benzene rings is 1. The van der Waals surface area contributed by atoms with E-state index in [1.807, 2.05) is 14.0 Å². The lowest BCUT2D eigenvalue weighted by atomic mass is 10.1. The van der Waals surface area contributed by atoms with E-state index in [9.17, 15) is 0 Å². The summed E-state index contributed by atoms with van der Waals surface area (Å²) in [5.74, 6) is 0.677. The van der Waals surface area contributed by atoms with Crippen LogP contribution >= 0.6 is 11.3 Å². The minimum Gasteiger partial charge on any atom is -0.383 e. The van der Waals surface area contributed by atoms with Gasteiger partial charge in [-0.3, -0.25) is 4.68 Å². The molecule has 4 nitrogen and oxygen atoms in total. The summed E-state index contributed by atoms with van der Waals surface area (Å²) in [6.45, 7) is 2.02. The van der Waals surface area contributed by atoms with Crippen LogP contribution in [0.2, 0.25) is 0 Å². The fourth-order valence-electron chi connectivity index (χ4n) is 1.88. The lowest BCUT2D eigenvalue weighted by Gasteiger charge is -2.00. The van der Waals surface area contributed by atoms with Crippen LogP contribution in [-0.2, 0) is 7.05 Å². The van der Waals surface area contributed by atoms with Gasteiger partial charge in [0.05, 0.1) is 21.4 Å². The van der Waals surface area contributed by atoms with Crippen LogP contribution in [0.25, 0.3) is 21.3 Å². The largest absolute Gasteiger partial charge is 0.383 e. The molecule has 0 fully saturated rings. The van der Waals surface area contributed by atoms with E-state index in [0.717, 1.165) is 21.7 Å². The van der Waals surface area contributed by atoms with Crippen LogP contribution in [0.3, 0.4) is 0 Å². The number of fused-ring (bicyclic) bond motifs is 1. The molecule has 0 atom stereocenters. The fraction of sp³-hybridized carbons (Fsp3) is 0.167. The molecule has 0 saturated carbocycles. The van der Waals surface area contributed by atoms with Gasteiger partial charge in [-0.15, -0.1) is 11.3 Å². The van der Waals surface area contributed by atoms with Gasteiger partial charge in [0.1, 0.15) is 5.82 Å². The van der Waals surface area contributed by atoms with Gasteiger partial charge < -0.3 is 5.73 Å². The van der Waals surface area contributed by atoms with Crippen molar-refractivity contribution < 1.29 is 0 Å². The van der Waals surface area contributed by atoms with Crippen molar-refractivity contribution in [3.8, 4) is 11.1 Å².